The van der Waals surface area contributed by atoms with E-state index in [9.17, 15) is 13.2 Å². The van der Waals surface area contributed by atoms with Crippen molar-refractivity contribution in [3.8, 4) is 0 Å². The minimum Gasteiger partial charge on any atom is -0.332 e. The number of thiophene rings is 1. The van der Waals surface area contributed by atoms with Crippen LogP contribution in [0.3, 0.4) is 0 Å². The van der Waals surface area contributed by atoms with Gasteiger partial charge in [-0.25, -0.2) is 13.4 Å². The molecular formula is C19H20ClN3O3S3. The molecule has 1 amide bonds. The van der Waals surface area contributed by atoms with E-state index in [1.54, 1.807) is 22.3 Å². The molecule has 0 aliphatic carbocycles. The molecule has 1 aliphatic rings. The molecule has 0 saturated carbocycles. The second-order valence-corrected chi connectivity index (χ2v) is 12.0. The number of thiazole rings is 1. The number of hydrogen-bond donors (Lipinski definition) is 0. The van der Waals surface area contributed by atoms with Crippen molar-refractivity contribution in [1.29, 1.82) is 0 Å². The number of carbonyl (C=O) groups excluding carboxylic acids is 1. The molecule has 3 heterocycles. The number of nitrogens with zero attached hydrogens (tertiary/aromatic N) is 3. The van der Waals surface area contributed by atoms with E-state index in [1.165, 1.54) is 13.1 Å². The number of rotatable bonds is 5. The van der Waals surface area contributed by atoms with Crippen molar-refractivity contribution in [1.82, 2.24) is 14.2 Å². The monoisotopic (exact) mass is 469 g/mol. The van der Waals surface area contributed by atoms with Crippen LogP contribution in [-0.2, 0) is 14.8 Å². The summed E-state index contributed by atoms with van der Waals surface area (Å²) in [5.41, 5.74) is 0.930. The highest BCUT2D eigenvalue weighted by Crippen LogP contribution is 2.36. The lowest BCUT2D eigenvalue weighted by atomic mass is 10.0. The third kappa shape index (κ3) is 4.20. The highest BCUT2D eigenvalue weighted by molar-refractivity contribution is 7.91. The molecule has 0 N–H and O–H groups in total. The van der Waals surface area contributed by atoms with E-state index in [0.717, 1.165) is 50.1 Å². The van der Waals surface area contributed by atoms with Crippen LogP contribution in [0.25, 0.3) is 10.2 Å². The molecule has 29 heavy (non-hydrogen) atoms. The maximum absolute atomic E-state index is 13.1. The van der Waals surface area contributed by atoms with Gasteiger partial charge in [-0.2, -0.15) is 4.31 Å². The first-order valence-electron chi connectivity index (χ1n) is 9.23. The lowest BCUT2D eigenvalue weighted by Crippen LogP contribution is -2.44. The topological polar surface area (TPSA) is 70.6 Å². The van der Waals surface area contributed by atoms with Gasteiger partial charge in [0.05, 0.1) is 27.1 Å². The lowest BCUT2D eigenvalue weighted by molar-refractivity contribution is -0.135. The number of para-hydroxylation sites is 1. The molecule has 6 nitrogen and oxygen atoms in total. The van der Waals surface area contributed by atoms with E-state index >= 15 is 0 Å². The van der Waals surface area contributed by atoms with Crippen LogP contribution in [0.15, 0.2) is 40.6 Å². The summed E-state index contributed by atoms with van der Waals surface area (Å²) in [6, 6.07) is 10.8. The van der Waals surface area contributed by atoms with Gasteiger partial charge in [0, 0.05) is 13.6 Å². The van der Waals surface area contributed by atoms with Crippen molar-refractivity contribution in [3.63, 3.8) is 0 Å². The number of piperidine rings is 1. The molecule has 154 valence electrons. The number of hydrogen-bond acceptors (Lipinski definition) is 6. The number of aromatic nitrogens is 1. The summed E-state index contributed by atoms with van der Waals surface area (Å²) in [4.78, 5) is 19.6. The van der Waals surface area contributed by atoms with Crippen molar-refractivity contribution in [2.45, 2.75) is 29.5 Å². The molecule has 0 radical (unpaired) electrons. The van der Waals surface area contributed by atoms with Crippen LogP contribution in [0.1, 0.15) is 30.3 Å². The Bertz CT molecular complexity index is 1110. The Morgan fingerprint density at radius 2 is 2.03 bits per heavy atom. The number of likely N-dealkylation sites (tertiary alicyclic amines) is 1. The van der Waals surface area contributed by atoms with Gasteiger partial charge in [-0.15, -0.1) is 22.7 Å². The van der Waals surface area contributed by atoms with E-state index in [4.69, 9.17) is 16.6 Å². The Morgan fingerprint density at radius 3 is 2.76 bits per heavy atom. The standard InChI is InChI=1S/C19H20ClN3O3S3/c1-22(29(25,26)18-10-9-16(20)28-18)12-17(24)23-11-5-4-7-14(23)19-21-13-6-2-3-8-15(13)27-19/h2-3,6,8-10,14H,4-5,7,11-12H2,1H3/t14-/m1/s1. The van der Waals surface area contributed by atoms with Crippen LogP contribution >= 0.6 is 34.3 Å². The molecule has 0 spiro atoms. The lowest BCUT2D eigenvalue weighted by Gasteiger charge is -2.35. The number of fused-ring (bicyclic) bond motifs is 1. The van der Waals surface area contributed by atoms with Crippen molar-refractivity contribution < 1.29 is 13.2 Å². The van der Waals surface area contributed by atoms with E-state index in [1.807, 2.05) is 24.3 Å². The summed E-state index contributed by atoms with van der Waals surface area (Å²) in [7, 11) is -2.32. The smallest absolute Gasteiger partial charge is 0.252 e. The van der Waals surface area contributed by atoms with E-state index in [-0.39, 0.29) is 22.7 Å². The van der Waals surface area contributed by atoms with E-state index in [0.29, 0.717) is 10.9 Å². The SMILES string of the molecule is CN(CC(=O)N1CCCC[C@@H]1c1nc2ccccc2s1)S(=O)(=O)c1ccc(Cl)s1. The number of benzene rings is 1. The minimum atomic E-state index is -3.75. The van der Waals surface area contributed by atoms with Gasteiger partial charge < -0.3 is 4.90 Å². The summed E-state index contributed by atoms with van der Waals surface area (Å²) in [5.74, 6) is -0.206. The van der Waals surface area contributed by atoms with Gasteiger partial charge in [0.25, 0.3) is 10.0 Å². The van der Waals surface area contributed by atoms with E-state index < -0.39 is 10.0 Å². The average molecular weight is 470 g/mol. The quantitative estimate of drug-likeness (QED) is 0.555. The summed E-state index contributed by atoms with van der Waals surface area (Å²) in [5, 5.41) is 0.912. The number of amides is 1. The molecule has 3 aromatic rings. The van der Waals surface area contributed by atoms with Crippen LogP contribution in [0.4, 0.5) is 0 Å². The zero-order chi connectivity index (χ0) is 20.6. The zero-order valence-corrected chi connectivity index (χ0v) is 19.0. The van der Waals surface area contributed by atoms with Gasteiger partial charge in [-0.3, -0.25) is 4.79 Å². The van der Waals surface area contributed by atoms with Gasteiger partial charge in [-0.1, -0.05) is 23.7 Å². The number of sulfonamides is 1. The second kappa shape index (κ2) is 8.31. The first-order valence-corrected chi connectivity index (χ1v) is 12.7. The minimum absolute atomic E-state index is 0.110. The third-order valence-corrected chi connectivity index (χ3v) is 9.63. The molecule has 1 fully saturated rings. The predicted octanol–water partition coefficient (Wildman–Crippen LogP) is 4.39. The molecule has 2 aromatic heterocycles. The molecule has 4 rings (SSSR count). The average Bonchev–Trinajstić information content (AvgIpc) is 3.34. The molecule has 10 heteroatoms. The van der Waals surface area contributed by atoms with Crippen LogP contribution in [0.2, 0.25) is 4.34 Å². The highest BCUT2D eigenvalue weighted by Gasteiger charge is 2.33. The van der Waals surface area contributed by atoms with Gasteiger partial charge in [0.15, 0.2) is 0 Å². The Hall–Kier alpha value is -1.52. The molecule has 0 unspecified atom stereocenters. The Labute approximate surface area is 182 Å². The van der Waals surface area contributed by atoms with Gasteiger partial charge >= 0.3 is 0 Å². The molecular weight excluding hydrogens is 450 g/mol. The molecule has 1 saturated heterocycles. The predicted molar refractivity (Wildman–Crippen MR) is 117 cm³/mol. The Balaban J connectivity index is 1.54. The van der Waals surface area contributed by atoms with Crippen LogP contribution in [0.5, 0.6) is 0 Å². The maximum atomic E-state index is 13.1. The molecule has 0 bridgehead atoms. The largest absolute Gasteiger partial charge is 0.332 e. The van der Waals surface area contributed by atoms with Gasteiger partial charge in [-0.05, 0) is 43.5 Å². The van der Waals surface area contributed by atoms with Gasteiger partial charge in [0.2, 0.25) is 5.91 Å². The molecule has 1 atom stereocenters. The van der Waals surface area contributed by atoms with Gasteiger partial charge in [0.1, 0.15) is 9.22 Å². The maximum Gasteiger partial charge on any atom is 0.252 e. The normalized spacial score (nSPS) is 17.9. The Kier molecular flexibility index (Phi) is 5.94. The first kappa shape index (κ1) is 20.7. The molecule has 1 aliphatic heterocycles. The third-order valence-electron chi connectivity index (χ3n) is 4.99. The molecule has 1 aromatic carbocycles. The van der Waals surface area contributed by atoms with Crippen LogP contribution in [0, 0.1) is 0 Å². The van der Waals surface area contributed by atoms with Crippen LogP contribution < -0.4 is 0 Å². The van der Waals surface area contributed by atoms with Crippen molar-refractivity contribution in [2.24, 2.45) is 0 Å². The summed E-state index contributed by atoms with van der Waals surface area (Å²) in [6.45, 7) is 0.400. The van der Waals surface area contributed by atoms with Crippen molar-refractivity contribution in [3.05, 3.63) is 45.7 Å². The van der Waals surface area contributed by atoms with E-state index in [2.05, 4.69) is 0 Å². The fourth-order valence-electron chi connectivity index (χ4n) is 3.48. The first-order chi connectivity index (χ1) is 13.9. The summed E-state index contributed by atoms with van der Waals surface area (Å²) >= 11 is 8.46. The number of likely N-dealkylation sites (N-methyl/N-ethyl adjacent to an activating group) is 1. The Morgan fingerprint density at radius 1 is 1.24 bits per heavy atom. The number of halogens is 1. The second-order valence-electron chi connectivity index (χ2n) is 6.94. The number of carbonyl (C=O) groups is 1. The summed E-state index contributed by atoms with van der Waals surface area (Å²) < 4.78 is 28.2. The highest BCUT2D eigenvalue weighted by atomic mass is 35.5. The fraction of sp³-hybridized carbons (Fsp3) is 0.368. The summed E-state index contributed by atoms with van der Waals surface area (Å²) in [6.07, 6.45) is 2.76. The van der Waals surface area contributed by atoms with Crippen molar-refractivity contribution >= 4 is 60.4 Å². The zero-order valence-electron chi connectivity index (χ0n) is 15.7. The van der Waals surface area contributed by atoms with Crippen molar-refractivity contribution in [2.75, 3.05) is 20.1 Å². The fourth-order valence-corrected chi connectivity index (χ4v) is 7.40. The van der Waals surface area contributed by atoms with Crippen LogP contribution in [-0.4, -0.2) is 48.7 Å².